The van der Waals surface area contributed by atoms with Crippen molar-refractivity contribution in [3.05, 3.63) is 33.6 Å². The SMILES string of the molecule is CC(c1nc(-c2ccc(Cl)c(Br)c2)no1)C(O)C(F)(F)F. The Morgan fingerprint density at radius 2 is 2.05 bits per heavy atom. The summed E-state index contributed by atoms with van der Waals surface area (Å²) in [5, 5.41) is 13.3. The second-order valence-corrected chi connectivity index (χ2v) is 5.62. The minimum atomic E-state index is -4.75. The van der Waals surface area contributed by atoms with E-state index in [1.165, 1.54) is 0 Å². The van der Waals surface area contributed by atoms with E-state index < -0.39 is 18.2 Å². The highest BCUT2D eigenvalue weighted by atomic mass is 79.9. The van der Waals surface area contributed by atoms with Crippen molar-refractivity contribution in [2.45, 2.75) is 25.1 Å². The fourth-order valence-corrected chi connectivity index (χ4v) is 2.09. The van der Waals surface area contributed by atoms with Gasteiger partial charge in [-0.2, -0.15) is 18.2 Å². The van der Waals surface area contributed by atoms with E-state index in [0.29, 0.717) is 15.1 Å². The van der Waals surface area contributed by atoms with Crippen molar-refractivity contribution in [3.63, 3.8) is 0 Å². The fraction of sp³-hybridized carbons (Fsp3) is 0.333. The van der Waals surface area contributed by atoms with Gasteiger partial charge in [-0.25, -0.2) is 0 Å². The Bertz CT molecular complexity index is 648. The van der Waals surface area contributed by atoms with Crippen molar-refractivity contribution in [1.29, 1.82) is 0 Å². The molecule has 0 aliphatic carbocycles. The number of alkyl halides is 3. The summed E-state index contributed by atoms with van der Waals surface area (Å²) < 4.78 is 42.7. The summed E-state index contributed by atoms with van der Waals surface area (Å²) in [5.74, 6) is -1.54. The molecule has 1 N–H and O–H groups in total. The van der Waals surface area contributed by atoms with Crippen LogP contribution in [0.1, 0.15) is 18.7 Å². The summed E-state index contributed by atoms with van der Waals surface area (Å²) in [6.07, 6.45) is -7.32. The van der Waals surface area contributed by atoms with Crippen LogP contribution in [-0.2, 0) is 0 Å². The maximum Gasteiger partial charge on any atom is 0.415 e. The molecule has 9 heteroatoms. The van der Waals surface area contributed by atoms with Crippen LogP contribution in [0.5, 0.6) is 0 Å². The molecule has 2 rings (SSSR count). The van der Waals surface area contributed by atoms with Crippen LogP contribution in [0, 0.1) is 0 Å². The van der Waals surface area contributed by atoms with Gasteiger partial charge in [-0.05, 0) is 34.1 Å². The van der Waals surface area contributed by atoms with E-state index in [0.717, 1.165) is 6.92 Å². The Balaban J connectivity index is 2.27. The highest BCUT2D eigenvalue weighted by Gasteiger charge is 2.44. The predicted octanol–water partition coefficient (Wildman–Crippen LogP) is 4.18. The highest BCUT2D eigenvalue weighted by Crippen LogP contribution is 2.32. The first-order valence-corrected chi connectivity index (χ1v) is 6.91. The Morgan fingerprint density at radius 3 is 2.62 bits per heavy atom. The van der Waals surface area contributed by atoms with Gasteiger partial charge in [0.2, 0.25) is 11.7 Å². The largest absolute Gasteiger partial charge is 0.415 e. The molecule has 21 heavy (non-hydrogen) atoms. The van der Waals surface area contributed by atoms with E-state index in [1.54, 1.807) is 18.2 Å². The fourth-order valence-electron chi connectivity index (χ4n) is 1.59. The average molecular weight is 386 g/mol. The Morgan fingerprint density at radius 1 is 1.38 bits per heavy atom. The summed E-state index contributed by atoms with van der Waals surface area (Å²) in [7, 11) is 0. The topological polar surface area (TPSA) is 59.2 Å². The molecule has 114 valence electrons. The highest BCUT2D eigenvalue weighted by molar-refractivity contribution is 9.10. The van der Waals surface area contributed by atoms with E-state index in [9.17, 15) is 18.3 Å². The molecular formula is C12H9BrClF3N2O2. The van der Waals surface area contributed by atoms with E-state index in [1.807, 2.05) is 0 Å². The molecule has 0 spiro atoms. The number of aromatic nitrogens is 2. The van der Waals surface area contributed by atoms with Crippen molar-refractivity contribution >= 4 is 27.5 Å². The second-order valence-electron chi connectivity index (χ2n) is 4.36. The molecule has 2 atom stereocenters. The number of aliphatic hydroxyl groups is 1. The number of benzene rings is 1. The molecule has 0 fully saturated rings. The van der Waals surface area contributed by atoms with Crippen LogP contribution in [-0.4, -0.2) is 27.5 Å². The predicted molar refractivity (Wildman–Crippen MR) is 72.9 cm³/mol. The van der Waals surface area contributed by atoms with Crippen molar-refractivity contribution in [1.82, 2.24) is 10.1 Å². The molecule has 0 amide bonds. The van der Waals surface area contributed by atoms with Gasteiger partial charge in [0.05, 0.1) is 10.9 Å². The van der Waals surface area contributed by atoms with Gasteiger partial charge in [-0.3, -0.25) is 0 Å². The van der Waals surface area contributed by atoms with Gasteiger partial charge in [-0.1, -0.05) is 23.7 Å². The quantitative estimate of drug-likeness (QED) is 0.861. The summed E-state index contributed by atoms with van der Waals surface area (Å²) in [6.45, 7) is 1.16. The molecule has 2 aromatic rings. The van der Waals surface area contributed by atoms with Gasteiger partial charge < -0.3 is 9.63 Å². The third-order valence-electron chi connectivity index (χ3n) is 2.82. The number of halogens is 5. The number of hydrogen-bond donors (Lipinski definition) is 1. The first-order valence-electron chi connectivity index (χ1n) is 5.74. The van der Waals surface area contributed by atoms with E-state index in [4.69, 9.17) is 16.1 Å². The van der Waals surface area contributed by atoms with Crippen LogP contribution in [0.25, 0.3) is 11.4 Å². The van der Waals surface area contributed by atoms with E-state index in [2.05, 4.69) is 26.1 Å². The maximum atomic E-state index is 12.5. The van der Waals surface area contributed by atoms with Gasteiger partial charge in [0.1, 0.15) is 0 Å². The first-order chi connectivity index (χ1) is 9.70. The number of aliphatic hydroxyl groups excluding tert-OH is 1. The summed E-state index contributed by atoms with van der Waals surface area (Å²) in [4.78, 5) is 3.88. The Hall–Kier alpha value is -1.12. The number of nitrogens with zero attached hydrogens (tertiary/aromatic N) is 2. The molecule has 1 aromatic heterocycles. The third kappa shape index (κ3) is 3.56. The van der Waals surface area contributed by atoms with E-state index in [-0.39, 0.29) is 11.7 Å². The van der Waals surface area contributed by atoms with Crippen LogP contribution < -0.4 is 0 Å². The van der Waals surface area contributed by atoms with Crippen molar-refractivity contribution in [2.75, 3.05) is 0 Å². The zero-order valence-corrected chi connectivity index (χ0v) is 12.9. The summed E-state index contributed by atoms with van der Waals surface area (Å²) >= 11 is 9.07. The average Bonchev–Trinajstić information content (AvgIpc) is 2.88. The molecule has 0 saturated carbocycles. The van der Waals surface area contributed by atoms with Gasteiger partial charge in [0, 0.05) is 10.0 Å². The smallest absolute Gasteiger partial charge is 0.383 e. The van der Waals surface area contributed by atoms with Gasteiger partial charge in [0.25, 0.3) is 0 Å². The lowest BCUT2D eigenvalue weighted by Gasteiger charge is -2.17. The maximum absolute atomic E-state index is 12.5. The van der Waals surface area contributed by atoms with Crippen LogP contribution in [0.15, 0.2) is 27.2 Å². The minimum Gasteiger partial charge on any atom is -0.383 e. The molecule has 0 aliphatic rings. The second kappa shape index (κ2) is 5.94. The molecule has 1 aromatic carbocycles. The number of hydrogen-bond acceptors (Lipinski definition) is 4. The zero-order valence-electron chi connectivity index (χ0n) is 10.5. The Labute approximate surface area is 131 Å². The van der Waals surface area contributed by atoms with Gasteiger partial charge >= 0.3 is 6.18 Å². The van der Waals surface area contributed by atoms with Crippen molar-refractivity contribution in [2.24, 2.45) is 0 Å². The molecule has 0 saturated heterocycles. The van der Waals surface area contributed by atoms with Crippen LogP contribution in [0.3, 0.4) is 0 Å². The van der Waals surface area contributed by atoms with Crippen LogP contribution in [0.4, 0.5) is 13.2 Å². The molecular weight excluding hydrogens is 376 g/mol. The molecule has 0 bridgehead atoms. The van der Waals surface area contributed by atoms with Crippen LogP contribution in [0.2, 0.25) is 5.02 Å². The minimum absolute atomic E-state index is 0.114. The lowest BCUT2D eigenvalue weighted by Crippen LogP contribution is -2.33. The summed E-state index contributed by atoms with van der Waals surface area (Å²) in [5.41, 5.74) is 0.523. The molecule has 4 nitrogen and oxygen atoms in total. The zero-order chi connectivity index (χ0) is 15.8. The molecule has 1 heterocycles. The molecule has 0 aliphatic heterocycles. The molecule has 2 unspecified atom stereocenters. The first kappa shape index (κ1) is 16.3. The van der Waals surface area contributed by atoms with Gasteiger partial charge in [-0.15, -0.1) is 0 Å². The Kier molecular flexibility index (Phi) is 4.60. The lowest BCUT2D eigenvalue weighted by molar-refractivity contribution is -0.210. The monoisotopic (exact) mass is 384 g/mol. The molecule has 0 radical (unpaired) electrons. The summed E-state index contributed by atoms with van der Waals surface area (Å²) in [6, 6.07) is 4.80. The standard InChI is InChI=1S/C12H9BrClF3N2O2/c1-5(9(20)12(15,16)17)11-18-10(19-21-11)6-2-3-8(14)7(13)4-6/h2-5,9,20H,1H3. The van der Waals surface area contributed by atoms with Crippen molar-refractivity contribution in [3.8, 4) is 11.4 Å². The van der Waals surface area contributed by atoms with Crippen LogP contribution >= 0.6 is 27.5 Å². The lowest BCUT2D eigenvalue weighted by atomic mass is 10.0. The number of rotatable bonds is 3. The van der Waals surface area contributed by atoms with Crippen molar-refractivity contribution < 1.29 is 22.8 Å². The van der Waals surface area contributed by atoms with E-state index >= 15 is 0 Å². The third-order valence-corrected chi connectivity index (χ3v) is 4.03. The normalized spacial score (nSPS) is 15.0. The van der Waals surface area contributed by atoms with Gasteiger partial charge in [0.15, 0.2) is 6.10 Å².